The molecule has 1 saturated heterocycles. The highest BCUT2D eigenvalue weighted by atomic mass is 19.3. The van der Waals surface area contributed by atoms with E-state index in [1.807, 2.05) is 0 Å². The molecule has 1 rings (SSSR count). The van der Waals surface area contributed by atoms with E-state index in [0.29, 0.717) is 0 Å². The number of aliphatic hydroxyl groups excluding tert-OH is 2. The number of hydrogen-bond acceptors (Lipinski definition) is 4. The Kier molecular flexibility index (Phi) is 3.61. The van der Waals surface area contributed by atoms with Crippen LogP contribution >= 0.6 is 0 Å². The maximum atomic E-state index is 12.1. The molecule has 0 bridgehead atoms. The summed E-state index contributed by atoms with van der Waals surface area (Å²) in [4.78, 5) is 3.68. The third kappa shape index (κ3) is 1.99. The smallest absolute Gasteiger partial charge is 0.132 e. The monoisotopic (exact) mass is 194 g/mol. The van der Waals surface area contributed by atoms with Crippen LogP contribution in [0.4, 0.5) is 4.53 Å². The second kappa shape index (κ2) is 4.32. The van der Waals surface area contributed by atoms with Crippen LogP contribution in [-0.2, 0) is 9.68 Å². The van der Waals surface area contributed by atoms with E-state index < -0.39 is 18.3 Å². The Labute approximate surface area is 76.2 Å². The SMILES string of the molecule is CC1OC(CO)C(O)C(OF)C1C. The normalized spacial score (nSPS) is 46.4. The minimum atomic E-state index is -1.11. The molecule has 0 saturated carbocycles. The fourth-order valence-electron chi connectivity index (χ4n) is 1.55. The summed E-state index contributed by atoms with van der Waals surface area (Å²) in [6, 6.07) is 0. The number of ether oxygens (including phenoxy) is 1. The lowest BCUT2D eigenvalue weighted by atomic mass is 9.89. The predicted molar refractivity (Wildman–Crippen MR) is 42.6 cm³/mol. The van der Waals surface area contributed by atoms with Crippen LogP contribution in [0, 0.1) is 5.92 Å². The predicted octanol–water partition coefficient (Wildman–Crippen LogP) is 0.0327. The van der Waals surface area contributed by atoms with Gasteiger partial charge in [-0.05, 0) is 11.4 Å². The Morgan fingerprint density at radius 1 is 1.46 bits per heavy atom. The van der Waals surface area contributed by atoms with Gasteiger partial charge in [0.25, 0.3) is 0 Å². The highest BCUT2D eigenvalue weighted by Gasteiger charge is 2.42. The molecule has 0 aromatic heterocycles. The lowest BCUT2D eigenvalue weighted by molar-refractivity contribution is -0.284. The maximum absolute atomic E-state index is 12.1. The second-order valence-electron chi connectivity index (χ2n) is 3.47. The molecule has 5 unspecified atom stereocenters. The first kappa shape index (κ1) is 10.8. The van der Waals surface area contributed by atoms with Gasteiger partial charge in [-0.15, -0.1) is 0 Å². The van der Waals surface area contributed by atoms with Gasteiger partial charge in [0.15, 0.2) is 0 Å². The molecule has 4 nitrogen and oxygen atoms in total. The van der Waals surface area contributed by atoms with Gasteiger partial charge in [-0.2, -0.15) is 4.94 Å². The Morgan fingerprint density at radius 3 is 2.54 bits per heavy atom. The molecule has 0 amide bonds. The molecule has 1 aliphatic heterocycles. The van der Waals surface area contributed by atoms with E-state index in [1.54, 1.807) is 13.8 Å². The average Bonchev–Trinajstić information content (AvgIpc) is 2.12. The highest BCUT2D eigenvalue weighted by Crippen LogP contribution is 2.27. The van der Waals surface area contributed by atoms with Crippen LogP contribution < -0.4 is 0 Å². The van der Waals surface area contributed by atoms with Crippen LogP contribution in [0.25, 0.3) is 0 Å². The molecule has 78 valence electrons. The van der Waals surface area contributed by atoms with Crippen molar-refractivity contribution in [1.29, 1.82) is 0 Å². The van der Waals surface area contributed by atoms with Crippen LogP contribution in [0.5, 0.6) is 0 Å². The van der Waals surface area contributed by atoms with Gasteiger partial charge in [0.05, 0.1) is 12.7 Å². The van der Waals surface area contributed by atoms with Crippen molar-refractivity contribution in [3.05, 3.63) is 0 Å². The quantitative estimate of drug-likeness (QED) is 0.651. The summed E-state index contributed by atoms with van der Waals surface area (Å²) in [6.45, 7) is 3.15. The van der Waals surface area contributed by atoms with Crippen LogP contribution in [0.1, 0.15) is 13.8 Å². The van der Waals surface area contributed by atoms with Gasteiger partial charge in [0, 0.05) is 5.92 Å². The van der Waals surface area contributed by atoms with E-state index in [4.69, 9.17) is 9.84 Å². The van der Waals surface area contributed by atoms with E-state index in [-0.39, 0.29) is 18.6 Å². The van der Waals surface area contributed by atoms with E-state index in [1.165, 1.54) is 0 Å². The number of halogens is 1. The first-order chi connectivity index (χ1) is 6.11. The summed E-state index contributed by atoms with van der Waals surface area (Å²) < 4.78 is 17.3. The van der Waals surface area contributed by atoms with Gasteiger partial charge in [0.1, 0.15) is 18.3 Å². The summed E-state index contributed by atoms with van der Waals surface area (Å²) in [5.41, 5.74) is 0. The summed E-state index contributed by atoms with van der Waals surface area (Å²) in [7, 11) is 0. The first-order valence-electron chi connectivity index (χ1n) is 4.33. The molecule has 2 N–H and O–H groups in total. The van der Waals surface area contributed by atoms with Crippen LogP contribution in [0.2, 0.25) is 0 Å². The summed E-state index contributed by atoms with van der Waals surface area (Å²) >= 11 is 0. The Morgan fingerprint density at radius 2 is 2.08 bits per heavy atom. The molecule has 1 aliphatic rings. The van der Waals surface area contributed by atoms with Gasteiger partial charge in [-0.25, -0.2) is 0 Å². The first-order valence-corrected chi connectivity index (χ1v) is 4.33. The standard InChI is InChI=1S/C8H15FO4/c1-4-5(2)12-6(3-10)7(11)8(4)13-9/h4-8,10-11H,3H2,1-2H3. The topological polar surface area (TPSA) is 58.9 Å². The van der Waals surface area contributed by atoms with E-state index >= 15 is 0 Å². The lowest BCUT2D eigenvalue weighted by Gasteiger charge is -2.39. The van der Waals surface area contributed by atoms with E-state index in [0.717, 1.165) is 0 Å². The van der Waals surface area contributed by atoms with Crippen LogP contribution in [-0.4, -0.2) is 41.2 Å². The fraction of sp³-hybridized carbons (Fsp3) is 1.00. The van der Waals surface area contributed by atoms with Crippen molar-refractivity contribution in [2.75, 3.05) is 6.61 Å². The molecular formula is C8H15FO4. The molecule has 0 aromatic carbocycles. The van der Waals surface area contributed by atoms with Gasteiger partial charge >= 0.3 is 0 Å². The van der Waals surface area contributed by atoms with Gasteiger partial charge < -0.3 is 14.9 Å². The Balaban J connectivity index is 2.69. The van der Waals surface area contributed by atoms with E-state index in [9.17, 15) is 9.63 Å². The molecule has 0 spiro atoms. The largest absolute Gasteiger partial charge is 0.394 e. The second-order valence-corrected chi connectivity index (χ2v) is 3.47. The molecule has 0 radical (unpaired) electrons. The maximum Gasteiger partial charge on any atom is 0.132 e. The molecule has 1 heterocycles. The van der Waals surface area contributed by atoms with Crippen molar-refractivity contribution in [1.82, 2.24) is 0 Å². The summed E-state index contributed by atoms with van der Waals surface area (Å²) in [5.74, 6) is -0.234. The highest BCUT2D eigenvalue weighted by molar-refractivity contribution is 4.88. The Hall–Kier alpha value is -0.230. The van der Waals surface area contributed by atoms with Crippen LogP contribution in [0.3, 0.4) is 0 Å². The number of hydrogen-bond donors (Lipinski definition) is 2. The molecule has 5 heteroatoms. The average molecular weight is 194 g/mol. The fourth-order valence-corrected chi connectivity index (χ4v) is 1.55. The third-order valence-corrected chi connectivity index (χ3v) is 2.65. The van der Waals surface area contributed by atoms with Crippen molar-refractivity contribution in [3.63, 3.8) is 0 Å². The van der Waals surface area contributed by atoms with Crippen molar-refractivity contribution < 1.29 is 24.4 Å². The van der Waals surface area contributed by atoms with Crippen molar-refractivity contribution in [3.8, 4) is 0 Å². The summed E-state index contributed by atoms with van der Waals surface area (Å²) in [5, 5.41) is 18.3. The van der Waals surface area contributed by atoms with Crippen LogP contribution in [0.15, 0.2) is 0 Å². The third-order valence-electron chi connectivity index (χ3n) is 2.65. The minimum Gasteiger partial charge on any atom is -0.394 e. The molecule has 1 fully saturated rings. The molecule has 5 atom stereocenters. The summed E-state index contributed by atoms with van der Waals surface area (Å²) in [6.07, 6.45) is -3.02. The zero-order chi connectivity index (χ0) is 10.0. The molecule has 0 aromatic rings. The number of rotatable bonds is 2. The zero-order valence-electron chi connectivity index (χ0n) is 7.68. The van der Waals surface area contributed by atoms with Gasteiger partial charge in [-0.1, -0.05) is 6.92 Å². The van der Waals surface area contributed by atoms with Crippen molar-refractivity contribution in [2.24, 2.45) is 5.92 Å². The minimum absolute atomic E-state index is 0.234. The zero-order valence-corrected chi connectivity index (χ0v) is 7.68. The molecule has 0 aliphatic carbocycles. The van der Waals surface area contributed by atoms with Crippen molar-refractivity contribution >= 4 is 0 Å². The molecule has 13 heavy (non-hydrogen) atoms. The molecular weight excluding hydrogens is 179 g/mol. The lowest BCUT2D eigenvalue weighted by Crippen LogP contribution is -2.54. The van der Waals surface area contributed by atoms with Crippen molar-refractivity contribution in [2.45, 2.75) is 38.3 Å². The van der Waals surface area contributed by atoms with E-state index in [2.05, 4.69) is 4.94 Å². The Bertz CT molecular complexity index is 166. The van der Waals surface area contributed by atoms with Gasteiger partial charge in [0.2, 0.25) is 0 Å². The van der Waals surface area contributed by atoms with Gasteiger partial charge in [-0.3, -0.25) is 0 Å². The number of aliphatic hydroxyl groups is 2.